The Bertz CT molecular complexity index is 930. The normalized spacial score (nSPS) is 16.6. The van der Waals surface area contributed by atoms with Crippen LogP contribution >= 0.6 is 11.6 Å². The van der Waals surface area contributed by atoms with Gasteiger partial charge in [0.05, 0.1) is 6.10 Å². The topological polar surface area (TPSA) is 82.2 Å². The van der Waals surface area contributed by atoms with E-state index in [0.29, 0.717) is 29.0 Å². The minimum atomic E-state index is -0.0856. The number of carbonyl (C=O) groups is 1. The molecule has 0 saturated carbocycles. The minimum absolute atomic E-state index is 0.0856. The minimum Gasteiger partial charge on any atom is -0.376 e. The summed E-state index contributed by atoms with van der Waals surface area (Å²) in [5, 5.41) is 7.53. The summed E-state index contributed by atoms with van der Waals surface area (Å²) in [4.78, 5) is 16.7. The molecule has 0 radical (unpaired) electrons. The molecule has 1 fully saturated rings. The SMILES string of the molecule is O=C(Cn1cccc1-c1nc(-c2cccc(Cl)c2)no1)NC[C@H]1CCCO1. The van der Waals surface area contributed by atoms with Gasteiger partial charge in [0, 0.05) is 29.9 Å². The summed E-state index contributed by atoms with van der Waals surface area (Å²) in [6, 6.07) is 10.9. The first-order chi connectivity index (χ1) is 13.2. The molecule has 7 nitrogen and oxygen atoms in total. The number of halogens is 1. The summed E-state index contributed by atoms with van der Waals surface area (Å²) in [6.45, 7) is 1.48. The number of hydrogen-bond acceptors (Lipinski definition) is 5. The average Bonchev–Trinajstić information content (AvgIpc) is 3.41. The maximum atomic E-state index is 12.2. The van der Waals surface area contributed by atoms with Crippen molar-refractivity contribution in [1.29, 1.82) is 0 Å². The first-order valence-corrected chi connectivity index (χ1v) is 9.20. The summed E-state index contributed by atoms with van der Waals surface area (Å²) in [5.74, 6) is 0.711. The molecule has 2 aromatic heterocycles. The van der Waals surface area contributed by atoms with Crippen molar-refractivity contribution in [2.24, 2.45) is 0 Å². The second-order valence-corrected chi connectivity index (χ2v) is 6.83. The largest absolute Gasteiger partial charge is 0.376 e. The van der Waals surface area contributed by atoms with Crippen molar-refractivity contribution in [2.45, 2.75) is 25.5 Å². The number of benzene rings is 1. The van der Waals surface area contributed by atoms with Crippen LogP contribution in [0, 0.1) is 0 Å². The van der Waals surface area contributed by atoms with Gasteiger partial charge < -0.3 is 19.1 Å². The zero-order valence-electron chi connectivity index (χ0n) is 14.6. The van der Waals surface area contributed by atoms with E-state index in [1.807, 2.05) is 30.5 Å². The summed E-state index contributed by atoms with van der Waals surface area (Å²) in [5.41, 5.74) is 1.45. The Morgan fingerprint density at radius 3 is 3.07 bits per heavy atom. The van der Waals surface area contributed by atoms with Gasteiger partial charge in [-0.3, -0.25) is 4.79 Å². The Morgan fingerprint density at radius 1 is 1.33 bits per heavy atom. The fourth-order valence-corrected chi connectivity index (χ4v) is 3.25. The Kier molecular flexibility index (Phi) is 5.22. The number of rotatable bonds is 6. The van der Waals surface area contributed by atoms with Crippen LogP contribution in [0.3, 0.4) is 0 Å². The Labute approximate surface area is 161 Å². The van der Waals surface area contributed by atoms with Crippen molar-refractivity contribution in [3.63, 3.8) is 0 Å². The zero-order chi connectivity index (χ0) is 18.6. The second kappa shape index (κ2) is 7.94. The monoisotopic (exact) mass is 386 g/mol. The van der Waals surface area contributed by atoms with Gasteiger partial charge in [-0.15, -0.1) is 0 Å². The maximum absolute atomic E-state index is 12.2. The molecule has 1 amide bonds. The van der Waals surface area contributed by atoms with E-state index in [-0.39, 0.29) is 18.6 Å². The van der Waals surface area contributed by atoms with Gasteiger partial charge in [-0.05, 0) is 37.1 Å². The highest BCUT2D eigenvalue weighted by molar-refractivity contribution is 6.30. The molecule has 27 heavy (non-hydrogen) atoms. The maximum Gasteiger partial charge on any atom is 0.274 e. The van der Waals surface area contributed by atoms with Gasteiger partial charge in [0.1, 0.15) is 12.2 Å². The van der Waals surface area contributed by atoms with E-state index in [9.17, 15) is 4.79 Å². The predicted octanol–water partition coefficient (Wildman–Crippen LogP) is 3.15. The molecule has 1 aliphatic rings. The molecule has 0 spiro atoms. The number of aromatic nitrogens is 3. The third kappa shape index (κ3) is 4.20. The van der Waals surface area contributed by atoms with Gasteiger partial charge in [0.25, 0.3) is 5.89 Å². The number of amides is 1. The van der Waals surface area contributed by atoms with Crippen LogP contribution < -0.4 is 5.32 Å². The molecule has 0 bridgehead atoms. The summed E-state index contributed by atoms with van der Waals surface area (Å²) >= 11 is 6.02. The number of hydrogen-bond donors (Lipinski definition) is 1. The highest BCUT2D eigenvalue weighted by atomic mass is 35.5. The molecular weight excluding hydrogens is 368 g/mol. The Balaban J connectivity index is 1.45. The highest BCUT2D eigenvalue weighted by Crippen LogP contribution is 2.24. The first kappa shape index (κ1) is 17.8. The van der Waals surface area contributed by atoms with Crippen molar-refractivity contribution >= 4 is 17.5 Å². The van der Waals surface area contributed by atoms with Crippen LogP contribution in [0.2, 0.25) is 5.02 Å². The standard InChI is InChI=1S/C19H19ClN4O3/c20-14-5-1-4-13(10-14)18-22-19(27-23-18)16-7-2-8-24(16)12-17(25)21-11-15-6-3-9-26-15/h1-2,4-5,7-8,10,15H,3,6,9,11-12H2,(H,21,25)/t15-/m1/s1. The lowest BCUT2D eigenvalue weighted by Crippen LogP contribution is -2.34. The van der Waals surface area contributed by atoms with Crippen LogP contribution in [-0.4, -0.2) is 39.9 Å². The molecule has 1 aliphatic heterocycles. The fraction of sp³-hybridized carbons (Fsp3) is 0.316. The molecule has 1 atom stereocenters. The summed E-state index contributed by atoms with van der Waals surface area (Å²) in [6.07, 6.45) is 3.97. The van der Waals surface area contributed by atoms with E-state index >= 15 is 0 Å². The lowest BCUT2D eigenvalue weighted by molar-refractivity contribution is -0.122. The van der Waals surface area contributed by atoms with Gasteiger partial charge >= 0.3 is 0 Å². The van der Waals surface area contributed by atoms with Gasteiger partial charge in [-0.1, -0.05) is 28.9 Å². The summed E-state index contributed by atoms with van der Waals surface area (Å²) < 4.78 is 12.7. The summed E-state index contributed by atoms with van der Waals surface area (Å²) in [7, 11) is 0. The van der Waals surface area contributed by atoms with Gasteiger partial charge in [0.15, 0.2) is 0 Å². The second-order valence-electron chi connectivity index (χ2n) is 6.39. The van der Waals surface area contributed by atoms with Gasteiger partial charge in [-0.2, -0.15) is 4.98 Å². The van der Waals surface area contributed by atoms with Crippen molar-refractivity contribution in [2.75, 3.05) is 13.2 Å². The lowest BCUT2D eigenvalue weighted by atomic mass is 10.2. The first-order valence-electron chi connectivity index (χ1n) is 8.82. The van der Waals surface area contributed by atoms with Crippen LogP contribution in [0.1, 0.15) is 12.8 Å². The molecule has 1 N–H and O–H groups in total. The van der Waals surface area contributed by atoms with Crippen LogP contribution in [0.15, 0.2) is 47.1 Å². The highest BCUT2D eigenvalue weighted by Gasteiger charge is 2.18. The van der Waals surface area contributed by atoms with E-state index in [4.69, 9.17) is 20.9 Å². The fourth-order valence-electron chi connectivity index (χ4n) is 3.06. The molecule has 0 unspecified atom stereocenters. The van der Waals surface area contributed by atoms with E-state index in [0.717, 1.165) is 25.0 Å². The predicted molar refractivity (Wildman–Crippen MR) is 100 cm³/mol. The third-order valence-electron chi connectivity index (χ3n) is 4.42. The molecule has 140 valence electrons. The quantitative estimate of drug-likeness (QED) is 0.703. The van der Waals surface area contributed by atoms with Crippen LogP contribution in [0.4, 0.5) is 0 Å². The van der Waals surface area contributed by atoms with Crippen molar-refractivity contribution in [3.8, 4) is 23.0 Å². The van der Waals surface area contributed by atoms with Crippen molar-refractivity contribution in [3.05, 3.63) is 47.6 Å². The van der Waals surface area contributed by atoms with E-state index in [1.165, 1.54) is 0 Å². The van der Waals surface area contributed by atoms with Crippen LogP contribution in [0.5, 0.6) is 0 Å². The van der Waals surface area contributed by atoms with Gasteiger partial charge in [-0.25, -0.2) is 0 Å². The number of carbonyl (C=O) groups excluding carboxylic acids is 1. The molecule has 3 heterocycles. The number of nitrogens with one attached hydrogen (secondary N) is 1. The molecule has 3 aromatic rings. The van der Waals surface area contributed by atoms with Crippen molar-refractivity contribution in [1.82, 2.24) is 20.0 Å². The van der Waals surface area contributed by atoms with Crippen molar-refractivity contribution < 1.29 is 14.1 Å². The number of ether oxygens (including phenoxy) is 1. The van der Waals surface area contributed by atoms with Crippen LogP contribution in [-0.2, 0) is 16.1 Å². The third-order valence-corrected chi connectivity index (χ3v) is 4.66. The zero-order valence-corrected chi connectivity index (χ0v) is 15.4. The van der Waals surface area contributed by atoms with E-state index in [2.05, 4.69) is 15.5 Å². The molecule has 1 aromatic carbocycles. The molecule has 1 saturated heterocycles. The molecule has 4 rings (SSSR count). The molecular formula is C19H19ClN4O3. The Morgan fingerprint density at radius 2 is 2.26 bits per heavy atom. The Hall–Kier alpha value is -2.64. The lowest BCUT2D eigenvalue weighted by Gasteiger charge is -2.11. The average molecular weight is 387 g/mol. The smallest absolute Gasteiger partial charge is 0.274 e. The van der Waals surface area contributed by atoms with Crippen LogP contribution in [0.25, 0.3) is 23.0 Å². The van der Waals surface area contributed by atoms with E-state index in [1.54, 1.807) is 16.7 Å². The number of nitrogens with zero attached hydrogens (tertiary/aromatic N) is 3. The van der Waals surface area contributed by atoms with E-state index < -0.39 is 0 Å². The molecule has 8 heteroatoms. The van der Waals surface area contributed by atoms with Gasteiger partial charge in [0.2, 0.25) is 11.7 Å². The molecule has 0 aliphatic carbocycles.